The Labute approximate surface area is 93.5 Å². The second-order valence-corrected chi connectivity index (χ2v) is 3.39. The Morgan fingerprint density at radius 1 is 1.31 bits per heavy atom. The van der Waals surface area contributed by atoms with E-state index in [4.69, 9.17) is 10.2 Å². The fourth-order valence-corrected chi connectivity index (χ4v) is 1.37. The van der Waals surface area contributed by atoms with E-state index in [9.17, 15) is 9.90 Å². The first-order valence-electron chi connectivity index (χ1n) is 4.92. The van der Waals surface area contributed by atoms with Crippen LogP contribution in [0.3, 0.4) is 0 Å². The number of allylic oxidation sites excluding steroid dienone is 1. The quantitative estimate of drug-likeness (QED) is 0.652. The fourth-order valence-electron chi connectivity index (χ4n) is 1.37. The third-order valence-corrected chi connectivity index (χ3v) is 2.11. The molecule has 0 heterocycles. The zero-order chi connectivity index (χ0) is 12.0. The molecule has 4 nitrogen and oxygen atoms in total. The monoisotopic (exact) mass is 222 g/mol. The van der Waals surface area contributed by atoms with Gasteiger partial charge in [0.15, 0.2) is 0 Å². The number of carboxylic acids is 1. The van der Waals surface area contributed by atoms with Gasteiger partial charge in [-0.15, -0.1) is 0 Å². The van der Waals surface area contributed by atoms with E-state index in [-0.39, 0.29) is 18.8 Å². The highest BCUT2D eigenvalue weighted by atomic mass is 16.4. The highest BCUT2D eigenvalue weighted by Gasteiger charge is 2.04. The van der Waals surface area contributed by atoms with Gasteiger partial charge < -0.3 is 15.3 Å². The highest BCUT2D eigenvalue weighted by Crippen LogP contribution is 2.19. The van der Waals surface area contributed by atoms with E-state index in [1.54, 1.807) is 24.3 Å². The number of phenols is 1. The molecule has 1 aromatic rings. The van der Waals surface area contributed by atoms with Crippen molar-refractivity contribution < 1.29 is 20.1 Å². The summed E-state index contributed by atoms with van der Waals surface area (Å²) < 4.78 is 0. The molecule has 0 atom stereocenters. The van der Waals surface area contributed by atoms with Crippen LogP contribution in [0.4, 0.5) is 0 Å². The molecule has 86 valence electrons. The number of hydrogen-bond acceptors (Lipinski definition) is 3. The van der Waals surface area contributed by atoms with Gasteiger partial charge in [0.25, 0.3) is 0 Å². The van der Waals surface area contributed by atoms with Crippen LogP contribution in [0.5, 0.6) is 5.75 Å². The largest absolute Gasteiger partial charge is 0.508 e. The van der Waals surface area contributed by atoms with Gasteiger partial charge in [-0.2, -0.15) is 0 Å². The fraction of sp³-hybridized carbons (Fsp3) is 0.250. The maximum absolute atomic E-state index is 10.5. The Morgan fingerprint density at radius 3 is 2.69 bits per heavy atom. The van der Waals surface area contributed by atoms with Gasteiger partial charge in [-0.3, -0.25) is 4.79 Å². The Morgan fingerprint density at radius 2 is 2.06 bits per heavy atom. The molecular weight excluding hydrogens is 208 g/mol. The van der Waals surface area contributed by atoms with Gasteiger partial charge in [-0.25, -0.2) is 0 Å². The molecule has 0 unspecified atom stereocenters. The number of rotatable bonds is 5. The van der Waals surface area contributed by atoms with Gasteiger partial charge in [0, 0.05) is 0 Å². The van der Waals surface area contributed by atoms with E-state index in [0.29, 0.717) is 17.5 Å². The first-order chi connectivity index (χ1) is 7.63. The molecule has 4 heteroatoms. The van der Waals surface area contributed by atoms with E-state index in [0.717, 1.165) is 0 Å². The Balaban J connectivity index is 2.81. The molecule has 0 radical (unpaired) electrons. The van der Waals surface area contributed by atoms with Crippen molar-refractivity contribution in [1.29, 1.82) is 0 Å². The molecule has 0 saturated heterocycles. The van der Waals surface area contributed by atoms with Gasteiger partial charge in [-0.05, 0) is 23.6 Å². The van der Waals surface area contributed by atoms with Crippen LogP contribution in [0.1, 0.15) is 11.1 Å². The number of aliphatic hydroxyl groups is 1. The average molecular weight is 222 g/mol. The molecule has 1 aromatic carbocycles. The van der Waals surface area contributed by atoms with Crippen molar-refractivity contribution in [3.05, 3.63) is 41.5 Å². The first kappa shape index (κ1) is 12.3. The van der Waals surface area contributed by atoms with Crippen molar-refractivity contribution in [2.75, 3.05) is 6.61 Å². The maximum Gasteiger partial charge on any atom is 0.307 e. The van der Waals surface area contributed by atoms with Crippen LogP contribution in [-0.4, -0.2) is 27.9 Å². The van der Waals surface area contributed by atoms with Crippen LogP contribution in [0.25, 0.3) is 0 Å². The molecule has 0 aliphatic heterocycles. The highest BCUT2D eigenvalue weighted by molar-refractivity contribution is 5.70. The summed E-state index contributed by atoms with van der Waals surface area (Å²) in [6.07, 6.45) is 3.71. The molecule has 16 heavy (non-hydrogen) atoms. The number of aliphatic carboxylic acids is 1. The molecule has 0 bridgehead atoms. The summed E-state index contributed by atoms with van der Waals surface area (Å²) in [5, 5.41) is 26.7. The smallest absolute Gasteiger partial charge is 0.307 e. The molecule has 0 aliphatic rings. The van der Waals surface area contributed by atoms with Gasteiger partial charge >= 0.3 is 5.97 Å². The Bertz CT molecular complexity index is 396. The van der Waals surface area contributed by atoms with E-state index >= 15 is 0 Å². The number of phenolic OH excluding ortho intramolecular Hbond substituents is 1. The lowest BCUT2D eigenvalue weighted by molar-refractivity contribution is -0.136. The summed E-state index contributed by atoms with van der Waals surface area (Å²) in [5.41, 5.74) is 1.31. The summed E-state index contributed by atoms with van der Waals surface area (Å²) in [4.78, 5) is 10.5. The second kappa shape index (κ2) is 5.92. The summed E-state index contributed by atoms with van der Waals surface area (Å²) in [6, 6.07) is 4.73. The lowest BCUT2D eigenvalue weighted by Gasteiger charge is -2.04. The number of benzene rings is 1. The molecule has 1 rings (SSSR count). The molecule has 0 saturated carbocycles. The standard InChI is InChI=1S/C12H14O4/c13-6-2-1-3-10-7-9(8-12(15)16)4-5-11(10)14/h1-2,4-5,7,13-14H,3,6,8H2,(H,15,16)/b2-1+. The Kier molecular flexibility index (Phi) is 4.54. The number of aliphatic hydroxyl groups excluding tert-OH is 1. The zero-order valence-corrected chi connectivity index (χ0v) is 8.76. The number of hydrogen-bond donors (Lipinski definition) is 3. The first-order valence-corrected chi connectivity index (χ1v) is 4.92. The van der Waals surface area contributed by atoms with Crippen molar-refractivity contribution in [2.24, 2.45) is 0 Å². The summed E-state index contributed by atoms with van der Waals surface area (Å²) >= 11 is 0. The number of aromatic hydroxyl groups is 1. The lowest BCUT2D eigenvalue weighted by atomic mass is 10.0. The SMILES string of the molecule is O=C(O)Cc1ccc(O)c(C/C=C/CO)c1. The van der Waals surface area contributed by atoms with Crippen LogP contribution >= 0.6 is 0 Å². The van der Waals surface area contributed by atoms with E-state index < -0.39 is 5.97 Å². The average Bonchev–Trinajstić information content (AvgIpc) is 2.22. The van der Waals surface area contributed by atoms with E-state index in [1.165, 1.54) is 6.07 Å². The maximum atomic E-state index is 10.5. The second-order valence-electron chi connectivity index (χ2n) is 3.39. The topological polar surface area (TPSA) is 77.8 Å². The van der Waals surface area contributed by atoms with Crippen molar-refractivity contribution in [1.82, 2.24) is 0 Å². The van der Waals surface area contributed by atoms with Crippen LogP contribution in [0, 0.1) is 0 Å². The predicted molar refractivity (Wildman–Crippen MR) is 59.4 cm³/mol. The molecular formula is C12H14O4. The third-order valence-electron chi connectivity index (χ3n) is 2.11. The number of carboxylic acid groups (broad SMARTS) is 1. The molecule has 0 aliphatic carbocycles. The third kappa shape index (κ3) is 3.74. The van der Waals surface area contributed by atoms with Gasteiger partial charge in [0.2, 0.25) is 0 Å². The van der Waals surface area contributed by atoms with Gasteiger partial charge in [-0.1, -0.05) is 24.3 Å². The molecule has 0 aromatic heterocycles. The minimum Gasteiger partial charge on any atom is -0.508 e. The van der Waals surface area contributed by atoms with Gasteiger partial charge in [0.1, 0.15) is 5.75 Å². The van der Waals surface area contributed by atoms with Gasteiger partial charge in [0.05, 0.1) is 13.0 Å². The molecule has 3 N–H and O–H groups in total. The molecule has 0 fully saturated rings. The molecule has 0 amide bonds. The van der Waals surface area contributed by atoms with E-state index in [2.05, 4.69) is 0 Å². The van der Waals surface area contributed by atoms with Crippen molar-refractivity contribution in [2.45, 2.75) is 12.8 Å². The van der Waals surface area contributed by atoms with Crippen LogP contribution in [-0.2, 0) is 17.6 Å². The number of carbonyl (C=O) groups is 1. The minimum absolute atomic E-state index is 0.0461. The minimum atomic E-state index is -0.900. The van der Waals surface area contributed by atoms with E-state index in [1.807, 2.05) is 0 Å². The van der Waals surface area contributed by atoms with Crippen LogP contribution < -0.4 is 0 Å². The molecule has 0 spiro atoms. The Hall–Kier alpha value is -1.81. The predicted octanol–water partition coefficient (Wildman–Crippen LogP) is 1.11. The van der Waals surface area contributed by atoms with Crippen molar-refractivity contribution in [3.8, 4) is 5.75 Å². The van der Waals surface area contributed by atoms with Crippen LogP contribution in [0.15, 0.2) is 30.4 Å². The van der Waals surface area contributed by atoms with Crippen molar-refractivity contribution in [3.63, 3.8) is 0 Å². The zero-order valence-electron chi connectivity index (χ0n) is 8.76. The lowest BCUT2D eigenvalue weighted by Crippen LogP contribution is -2.00. The summed E-state index contributed by atoms with van der Waals surface area (Å²) in [6.45, 7) is -0.0461. The van der Waals surface area contributed by atoms with Crippen LogP contribution in [0.2, 0.25) is 0 Å². The van der Waals surface area contributed by atoms with Crippen molar-refractivity contribution >= 4 is 5.97 Å². The summed E-state index contributed by atoms with van der Waals surface area (Å²) in [7, 11) is 0. The normalized spacial score (nSPS) is 10.8. The summed E-state index contributed by atoms with van der Waals surface area (Å²) in [5.74, 6) is -0.765.